The molecule has 0 saturated heterocycles. The fourth-order valence-electron chi connectivity index (χ4n) is 7.44. The van der Waals surface area contributed by atoms with E-state index < -0.39 is 0 Å². The van der Waals surface area contributed by atoms with Crippen molar-refractivity contribution in [3.8, 4) is 50.7 Å². The van der Waals surface area contributed by atoms with E-state index in [1.807, 2.05) is 12.3 Å². The van der Waals surface area contributed by atoms with Crippen LogP contribution in [-0.2, 0) is 0 Å². The first kappa shape index (κ1) is 29.0. The predicted molar refractivity (Wildman–Crippen MR) is 211 cm³/mol. The van der Waals surface area contributed by atoms with Crippen molar-refractivity contribution < 1.29 is 0 Å². The van der Waals surface area contributed by atoms with E-state index in [0.717, 1.165) is 61.2 Å². The van der Waals surface area contributed by atoms with E-state index in [2.05, 4.69) is 179 Å². The van der Waals surface area contributed by atoms with E-state index in [9.17, 15) is 0 Å². The maximum Gasteiger partial charge on any atom is 0.160 e. The molecule has 0 aliphatic carbocycles. The van der Waals surface area contributed by atoms with Gasteiger partial charge in [-0.15, -0.1) is 0 Å². The normalized spacial score (nSPS) is 11.5. The molecule has 0 saturated carbocycles. The SMILES string of the molecule is c1ccc2c(-c3cc(-c4ccc(-n5c6ccccc6c6ccccc65)cc4)nc(-c4ccc(-c5ccnc6ccccc56)cc4)n3)cccc2c1. The molecule has 0 unspecified atom stereocenters. The summed E-state index contributed by atoms with van der Waals surface area (Å²) in [6.07, 6.45) is 1.88. The number of benzene rings is 7. The lowest BCUT2D eigenvalue weighted by Gasteiger charge is -2.13. The number of nitrogens with zero attached hydrogens (tertiary/aromatic N) is 4. The second-order valence-electron chi connectivity index (χ2n) is 12.9. The fourth-order valence-corrected chi connectivity index (χ4v) is 7.44. The minimum Gasteiger partial charge on any atom is -0.309 e. The molecule has 7 aromatic carbocycles. The van der Waals surface area contributed by atoms with Crippen molar-refractivity contribution in [3.63, 3.8) is 0 Å². The Morgan fingerprint density at radius 3 is 1.75 bits per heavy atom. The van der Waals surface area contributed by atoms with E-state index in [0.29, 0.717) is 5.82 Å². The van der Waals surface area contributed by atoms with Gasteiger partial charge in [0, 0.05) is 44.7 Å². The van der Waals surface area contributed by atoms with Crippen LogP contribution < -0.4 is 0 Å². The Hall–Kier alpha value is -6.91. The first-order valence-electron chi connectivity index (χ1n) is 17.2. The van der Waals surface area contributed by atoms with E-state index >= 15 is 0 Å². The molecule has 0 amide bonds. The van der Waals surface area contributed by atoms with Crippen molar-refractivity contribution >= 4 is 43.5 Å². The fraction of sp³-hybridized carbons (Fsp3) is 0. The van der Waals surface area contributed by atoms with Gasteiger partial charge in [-0.25, -0.2) is 9.97 Å². The lowest BCUT2D eigenvalue weighted by Crippen LogP contribution is -1.97. The molecule has 238 valence electrons. The Morgan fingerprint density at radius 2 is 0.980 bits per heavy atom. The first-order chi connectivity index (χ1) is 25.3. The number of pyridine rings is 1. The minimum absolute atomic E-state index is 0.688. The van der Waals surface area contributed by atoms with Gasteiger partial charge in [-0.1, -0.05) is 133 Å². The van der Waals surface area contributed by atoms with Crippen LogP contribution in [0.4, 0.5) is 0 Å². The molecule has 0 N–H and O–H groups in total. The zero-order chi connectivity index (χ0) is 33.7. The molecule has 10 rings (SSSR count). The maximum atomic E-state index is 5.20. The predicted octanol–water partition coefficient (Wildman–Crippen LogP) is 11.9. The van der Waals surface area contributed by atoms with Crippen LogP contribution in [0.5, 0.6) is 0 Å². The van der Waals surface area contributed by atoms with Gasteiger partial charge in [0.25, 0.3) is 0 Å². The van der Waals surface area contributed by atoms with E-state index in [1.165, 1.54) is 27.2 Å². The average Bonchev–Trinajstić information content (AvgIpc) is 3.55. The number of hydrogen-bond acceptors (Lipinski definition) is 3. The van der Waals surface area contributed by atoms with Gasteiger partial charge < -0.3 is 4.57 Å². The van der Waals surface area contributed by atoms with Crippen LogP contribution in [0.15, 0.2) is 182 Å². The number of para-hydroxylation sites is 3. The van der Waals surface area contributed by atoms with E-state index in [1.54, 1.807) is 0 Å². The summed E-state index contributed by atoms with van der Waals surface area (Å²) >= 11 is 0. The molecule has 0 atom stereocenters. The number of fused-ring (bicyclic) bond motifs is 5. The molecular weight excluding hydrogens is 621 g/mol. The van der Waals surface area contributed by atoms with Gasteiger partial charge in [-0.05, 0) is 64.4 Å². The first-order valence-corrected chi connectivity index (χ1v) is 17.2. The van der Waals surface area contributed by atoms with E-state index in [4.69, 9.17) is 9.97 Å². The van der Waals surface area contributed by atoms with Crippen molar-refractivity contribution in [1.82, 2.24) is 19.5 Å². The number of hydrogen-bond donors (Lipinski definition) is 0. The van der Waals surface area contributed by atoms with Gasteiger partial charge in [0.05, 0.1) is 27.9 Å². The molecule has 0 aliphatic rings. The Morgan fingerprint density at radius 1 is 0.392 bits per heavy atom. The van der Waals surface area contributed by atoms with Gasteiger partial charge in [-0.3, -0.25) is 4.98 Å². The quantitative estimate of drug-likeness (QED) is 0.186. The molecule has 4 nitrogen and oxygen atoms in total. The van der Waals surface area contributed by atoms with Crippen molar-refractivity contribution in [1.29, 1.82) is 0 Å². The maximum absolute atomic E-state index is 5.20. The lowest BCUT2D eigenvalue weighted by molar-refractivity contribution is 1.17. The molecular formula is C47H30N4. The third-order valence-corrected chi connectivity index (χ3v) is 9.90. The second-order valence-corrected chi connectivity index (χ2v) is 12.9. The van der Waals surface area contributed by atoms with Crippen molar-refractivity contribution in [2.24, 2.45) is 0 Å². The zero-order valence-corrected chi connectivity index (χ0v) is 27.6. The molecule has 0 spiro atoms. The van der Waals surface area contributed by atoms with Crippen molar-refractivity contribution in [2.45, 2.75) is 0 Å². The van der Waals surface area contributed by atoms with Crippen LogP contribution in [0.1, 0.15) is 0 Å². The monoisotopic (exact) mass is 650 g/mol. The molecule has 51 heavy (non-hydrogen) atoms. The van der Waals surface area contributed by atoms with Gasteiger partial charge in [0.15, 0.2) is 5.82 Å². The molecule has 0 aliphatic heterocycles. The molecule has 3 heterocycles. The van der Waals surface area contributed by atoms with Crippen LogP contribution in [-0.4, -0.2) is 19.5 Å². The Balaban J connectivity index is 1.10. The third-order valence-electron chi connectivity index (χ3n) is 9.90. The molecule has 0 fully saturated rings. The second kappa shape index (κ2) is 11.9. The summed E-state index contributed by atoms with van der Waals surface area (Å²) in [6, 6.07) is 61.9. The molecule has 4 heteroatoms. The summed E-state index contributed by atoms with van der Waals surface area (Å²) in [5.74, 6) is 0.688. The summed E-state index contributed by atoms with van der Waals surface area (Å²) < 4.78 is 2.34. The smallest absolute Gasteiger partial charge is 0.160 e. The van der Waals surface area contributed by atoms with Gasteiger partial charge >= 0.3 is 0 Å². The molecule has 3 aromatic heterocycles. The summed E-state index contributed by atoms with van der Waals surface area (Å²) in [6.45, 7) is 0. The summed E-state index contributed by atoms with van der Waals surface area (Å²) in [5, 5.41) is 5.98. The zero-order valence-electron chi connectivity index (χ0n) is 27.6. The largest absolute Gasteiger partial charge is 0.309 e. The van der Waals surface area contributed by atoms with Crippen molar-refractivity contribution in [3.05, 3.63) is 182 Å². The van der Waals surface area contributed by atoms with Gasteiger partial charge in [-0.2, -0.15) is 0 Å². The van der Waals surface area contributed by atoms with Crippen LogP contribution >= 0.6 is 0 Å². The topological polar surface area (TPSA) is 43.6 Å². The minimum atomic E-state index is 0.688. The highest BCUT2D eigenvalue weighted by Gasteiger charge is 2.15. The summed E-state index contributed by atoms with van der Waals surface area (Å²) in [5.41, 5.74) is 11.6. The summed E-state index contributed by atoms with van der Waals surface area (Å²) in [4.78, 5) is 15.0. The molecule has 0 radical (unpaired) electrons. The number of aromatic nitrogens is 4. The Labute approximate surface area is 295 Å². The Bertz CT molecular complexity index is 2840. The number of rotatable bonds is 5. The standard InChI is InChI=1S/C47H30N4/c1-2-12-36-31(10-1)11-9-16-39(36)44-30-43(33-24-26-35(27-25-33)51-45-18-7-4-14-40(45)41-15-5-8-19-46(41)51)49-47(50-44)34-22-20-32(21-23-34)37-28-29-48-42-17-6-3-13-38(37)42/h1-30H. The highest BCUT2D eigenvalue weighted by Crippen LogP contribution is 2.35. The van der Waals surface area contributed by atoms with Crippen LogP contribution in [0.25, 0.3) is 94.2 Å². The summed E-state index contributed by atoms with van der Waals surface area (Å²) in [7, 11) is 0. The van der Waals surface area contributed by atoms with Crippen molar-refractivity contribution in [2.75, 3.05) is 0 Å². The third kappa shape index (κ3) is 4.96. The van der Waals surface area contributed by atoms with Gasteiger partial charge in [0.2, 0.25) is 0 Å². The Kier molecular flexibility index (Phi) is 6.78. The van der Waals surface area contributed by atoms with Crippen LogP contribution in [0.2, 0.25) is 0 Å². The average molecular weight is 651 g/mol. The van der Waals surface area contributed by atoms with Gasteiger partial charge in [0.1, 0.15) is 0 Å². The molecule has 0 bridgehead atoms. The van der Waals surface area contributed by atoms with Crippen LogP contribution in [0.3, 0.4) is 0 Å². The highest BCUT2D eigenvalue weighted by molar-refractivity contribution is 6.09. The molecule has 10 aromatic rings. The highest BCUT2D eigenvalue weighted by atomic mass is 15.0. The van der Waals surface area contributed by atoms with Crippen LogP contribution in [0, 0.1) is 0 Å². The van der Waals surface area contributed by atoms with E-state index in [-0.39, 0.29) is 0 Å². The lowest BCUT2D eigenvalue weighted by atomic mass is 9.99.